The fraction of sp³-hybridized carbons (Fsp3) is 0.188. The number of hydrogen-bond donors (Lipinski definition) is 3. The summed E-state index contributed by atoms with van der Waals surface area (Å²) < 4.78 is 10.5. The minimum absolute atomic E-state index is 0.0871. The van der Waals surface area contributed by atoms with Crippen molar-refractivity contribution in [2.45, 2.75) is 11.6 Å². The Morgan fingerprint density at radius 3 is 2.32 bits per heavy atom. The van der Waals surface area contributed by atoms with Gasteiger partial charge in [0.05, 0.1) is 12.7 Å². The van der Waals surface area contributed by atoms with Crippen LogP contribution < -0.4 is 9.47 Å². The first-order valence-corrected chi connectivity index (χ1v) is 6.55. The fourth-order valence-corrected chi connectivity index (χ4v) is 2.46. The van der Waals surface area contributed by atoms with E-state index in [-0.39, 0.29) is 22.6 Å². The van der Waals surface area contributed by atoms with Gasteiger partial charge in [-0.3, -0.25) is 4.79 Å². The van der Waals surface area contributed by atoms with Gasteiger partial charge in [0.2, 0.25) is 0 Å². The summed E-state index contributed by atoms with van der Waals surface area (Å²) in [7, 11) is 1.37. The van der Waals surface area contributed by atoms with Crippen LogP contribution in [-0.4, -0.2) is 28.2 Å². The molecule has 1 aliphatic rings. The van der Waals surface area contributed by atoms with Crippen molar-refractivity contribution < 1.29 is 29.6 Å². The molecule has 3 N–H and O–H groups in total. The number of ether oxygens (including phenoxy) is 2. The van der Waals surface area contributed by atoms with Gasteiger partial charge in [-0.25, -0.2) is 0 Å². The van der Waals surface area contributed by atoms with Gasteiger partial charge in [-0.05, 0) is 12.1 Å². The number of methoxy groups -OCH3 is 1. The third-order valence-corrected chi connectivity index (χ3v) is 3.61. The number of benzene rings is 2. The highest BCUT2D eigenvalue weighted by molar-refractivity contribution is 5.96. The van der Waals surface area contributed by atoms with Crippen molar-refractivity contribution in [2.24, 2.45) is 0 Å². The molecule has 1 aliphatic heterocycles. The van der Waals surface area contributed by atoms with Crippen LogP contribution in [0.1, 0.15) is 11.1 Å². The number of aliphatic hydroxyl groups is 3. The van der Waals surface area contributed by atoms with E-state index < -0.39 is 17.4 Å². The minimum Gasteiger partial charge on any atom is -0.493 e. The maximum absolute atomic E-state index is 12.4. The van der Waals surface area contributed by atoms with E-state index >= 15 is 0 Å². The molecule has 2 aromatic carbocycles. The molecule has 0 spiro atoms. The first-order valence-electron chi connectivity index (χ1n) is 6.55. The molecule has 1 heterocycles. The highest BCUT2D eigenvalue weighted by Gasteiger charge is 2.58. The molecular weight excluding hydrogens is 288 g/mol. The van der Waals surface area contributed by atoms with E-state index in [0.717, 1.165) is 0 Å². The van der Waals surface area contributed by atoms with E-state index in [0.29, 0.717) is 0 Å². The van der Waals surface area contributed by atoms with Crippen molar-refractivity contribution in [3.63, 3.8) is 0 Å². The van der Waals surface area contributed by atoms with Gasteiger partial charge in [0.1, 0.15) is 0 Å². The first-order chi connectivity index (χ1) is 10.4. The molecule has 0 bridgehead atoms. The number of carbonyl (C=O) groups excluding carboxylic acids is 1. The molecule has 2 aromatic rings. The fourth-order valence-electron chi connectivity index (χ4n) is 2.46. The molecule has 1 atom stereocenters. The largest absolute Gasteiger partial charge is 0.493 e. The number of rotatable bonds is 2. The van der Waals surface area contributed by atoms with Crippen LogP contribution in [0.2, 0.25) is 0 Å². The standard InChI is InChI=1S/C16H14O6/c1-21-12-9-5-8-11-13(12)22-16(20,14(17)15(11,18)19)10-6-3-2-4-7-10/h2-9,18-20H,1H3. The molecule has 6 nitrogen and oxygen atoms in total. The van der Waals surface area contributed by atoms with E-state index in [4.69, 9.17) is 9.47 Å². The average Bonchev–Trinajstić information content (AvgIpc) is 2.53. The van der Waals surface area contributed by atoms with Gasteiger partial charge < -0.3 is 24.8 Å². The zero-order chi connectivity index (χ0) is 16.0. The Labute approximate surface area is 126 Å². The quantitative estimate of drug-likeness (QED) is 0.705. The molecule has 114 valence electrons. The third kappa shape index (κ3) is 1.89. The third-order valence-electron chi connectivity index (χ3n) is 3.61. The Balaban J connectivity index is 2.24. The average molecular weight is 302 g/mol. The number of hydrogen-bond acceptors (Lipinski definition) is 6. The summed E-state index contributed by atoms with van der Waals surface area (Å²) in [4.78, 5) is 12.4. The maximum atomic E-state index is 12.4. The molecule has 0 amide bonds. The summed E-state index contributed by atoms with van der Waals surface area (Å²) in [5.41, 5.74) is -0.0958. The van der Waals surface area contributed by atoms with Crippen LogP contribution in [0.25, 0.3) is 0 Å². The second-order valence-electron chi connectivity index (χ2n) is 4.95. The summed E-state index contributed by atoms with van der Waals surface area (Å²) >= 11 is 0. The van der Waals surface area contributed by atoms with Crippen LogP contribution >= 0.6 is 0 Å². The van der Waals surface area contributed by atoms with Crippen molar-refractivity contribution in [3.05, 3.63) is 59.7 Å². The first kappa shape index (κ1) is 14.5. The van der Waals surface area contributed by atoms with Gasteiger partial charge in [0.15, 0.2) is 11.5 Å². The molecule has 0 fully saturated rings. The van der Waals surface area contributed by atoms with Gasteiger partial charge >= 0.3 is 5.79 Å². The number of ketones is 1. The van der Waals surface area contributed by atoms with E-state index in [1.165, 1.54) is 37.4 Å². The lowest BCUT2D eigenvalue weighted by atomic mass is 9.88. The van der Waals surface area contributed by atoms with Crippen LogP contribution in [-0.2, 0) is 16.4 Å². The highest BCUT2D eigenvalue weighted by atomic mass is 16.6. The van der Waals surface area contributed by atoms with E-state index in [2.05, 4.69) is 0 Å². The summed E-state index contributed by atoms with van der Waals surface area (Å²) in [6.07, 6.45) is 0. The molecule has 3 rings (SSSR count). The lowest BCUT2D eigenvalue weighted by Gasteiger charge is -2.39. The van der Waals surface area contributed by atoms with Crippen LogP contribution in [0.3, 0.4) is 0 Å². The second kappa shape index (κ2) is 4.81. The zero-order valence-corrected chi connectivity index (χ0v) is 11.7. The van der Waals surface area contributed by atoms with E-state index in [9.17, 15) is 20.1 Å². The van der Waals surface area contributed by atoms with Crippen LogP contribution in [0.4, 0.5) is 0 Å². The SMILES string of the molecule is COc1cccc2c1OC(O)(c1ccccc1)C(=O)C2(O)O. The summed E-state index contributed by atoms with van der Waals surface area (Å²) in [5, 5.41) is 31.1. The molecule has 0 radical (unpaired) electrons. The van der Waals surface area contributed by atoms with Crippen LogP contribution in [0.5, 0.6) is 11.5 Å². The molecule has 0 aromatic heterocycles. The molecule has 0 aliphatic carbocycles. The lowest BCUT2D eigenvalue weighted by Crippen LogP contribution is -2.56. The number of fused-ring (bicyclic) bond motifs is 1. The number of Topliss-reactive ketones (excluding diaryl/α,β-unsaturated/α-hetero) is 1. The van der Waals surface area contributed by atoms with Crippen molar-refractivity contribution in [1.29, 1.82) is 0 Å². The van der Waals surface area contributed by atoms with Gasteiger partial charge in [0, 0.05) is 5.56 Å². The van der Waals surface area contributed by atoms with Gasteiger partial charge in [-0.1, -0.05) is 36.4 Å². The molecular formula is C16H14O6. The van der Waals surface area contributed by atoms with Crippen molar-refractivity contribution in [3.8, 4) is 11.5 Å². The summed E-state index contributed by atoms with van der Waals surface area (Å²) in [5.74, 6) is -6.63. The monoisotopic (exact) mass is 302 g/mol. The molecule has 6 heteroatoms. The van der Waals surface area contributed by atoms with Gasteiger partial charge in [-0.2, -0.15) is 0 Å². The lowest BCUT2D eigenvalue weighted by molar-refractivity contribution is -0.243. The number of carbonyl (C=O) groups is 1. The Bertz CT molecular complexity index is 725. The van der Waals surface area contributed by atoms with Crippen molar-refractivity contribution >= 4 is 5.78 Å². The van der Waals surface area contributed by atoms with Gasteiger partial charge in [0.25, 0.3) is 11.6 Å². The molecule has 0 saturated carbocycles. The Hall–Kier alpha value is -2.41. The minimum atomic E-state index is -2.90. The topological polar surface area (TPSA) is 96.2 Å². The van der Waals surface area contributed by atoms with Crippen LogP contribution in [0.15, 0.2) is 48.5 Å². The molecule has 22 heavy (non-hydrogen) atoms. The van der Waals surface area contributed by atoms with Crippen LogP contribution in [0, 0.1) is 0 Å². The summed E-state index contributed by atoms with van der Waals surface area (Å²) in [6, 6.07) is 12.1. The maximum Gasteiger partial charge on any atom is 0.301 e. The predicted octanol–water partition coefficient (Wildman–Crippen LogP) is 0.639. The normalized spacial score (nSPS) is 22.6. The molecule has 0 saturated heterocycles. The van der Waals surface area contributed by atoms with Crippen molar-refractivity contribution in [1.82, 2.24) is 0 Å². The summed E-state index contributed by atoms with van der Waals surface area (Å²) in [6.45, 7) is 0. The number of para-hydroxylation sites is 1. The van der Waals surface area contributed by atoms with E-state index in [1.54, 1.807) is 18.2 Å². The van der Waals surface area contributed by atoms with Crippen molar-refractivity contribution in [2.75, 3.05) is 7.11 Å². The Kier molecular flexibility index (Phi) is 3.17. The second-order valence-corrected chi connectivity index (χ2v) is 4.95. The Morgan fingerprint density at radius 1 is 1.00 bits per heavy atom. The zero-order valence-electron chi connectivity index (χ0n) is 11.7. The Morgan fingerprint density at radius 2 is 1.68 bits per heavy atom. The van der Waals surface area contributed by atoms with E-state index in [1.807, 2.05) is 0 Å². The smallest absolute Gasteiger partial charge is 0.301 e. The predicted molar refractivity (Wildman–Crippen MR) is 75.1 cm³/mol. The van der Waals surface area contributed by atoms with Gasteiger partial charge in [-0.15, -0.1) is 0 Å². The molecule has 1 unspecified atom stereocenters. The highest BCUT2D eigenvalue weighted by Crippen LogP contribution is 2.47.